The minimum atomic E-state index is -4.08. The van der Waals surface area contributed by atoms with Gasteiger partial charge >= 0.3 is 0 Å². The smallest absolute Gasteiger partial charge is 0.262 e. The van der Waals surface area contributed by atoms with Crippen molar-refractivity contribution in [1.82, 2.24) is 4.90 Å². The van der Waals surface area contributed by atoms with E-state index in [2.05, 4.69) is 22.7 Å². The number of likely N-dealkylation sites (tertiary alicyclic amines) is 1. The summed E-state index contributed by atoms with van der Waals surface area (Å²) < 4.78 is 42.2. The van der Waals surface area contributed by atoms with Crippen LogP contribution in [0.1, 0.15) is 33.8 Å². The lowest BCUT2D eigenvalue weighted by Crippen LogP contribution is -2.47. The number of para-hydroxylation sites is 1. The Kier molecular flexibility index (Phi) is 5.65. The van der Waals surface area contributed by atoms with Crippen molar-refractivity contribution in [3.63, 3.8) is 0 Å². The highest BCUT2D eigenvalue weighted by atomic mass is 32.2. The summed E-state index contributed by atoms with van der Waals surface area (Å²) in [5.74, 6) is -0.687. The first-order valence-corrected chi connectivity index (χ1v) is 12.7. The Labute approximate surface area is 199 Å². The van der Waals surface area contributed by atoms with Crippen molar-refractivity contribution >= 4 is 27.3 Å². The fourth-order valence-corrected chi connectivity index (χ4v) is 6.14. The molecule has 0 saturated carbocycles. The Hall–Kier alpha value is -3.23. The van der Waals surface area contributed by atoms with Gasteiger partial charge in [0, 0.05) is 29.8 Å². The van der Waals surface area contributed by atoms with Crippen LogP contribution in [0.2, 0.25) is 0 Å². The number of nitrogens with zero attached hydrogens (tertiary/aromatic N) is 2. The number of carbonyl (C=O) groups is 1. The average molecular weight is 480 g/mol. The summed E-state index contributed by atoms with van der Waals surface area (Å²) >= 11 is 0. The minimum absolute atomic E-state index is 0.0253. The van der Waals surface area contributed by atoms with Gasteiger partial charge in [0.05, 0.1) is 10.6 Å². The number of rotatable bonds is 4. The molecular weight excluding hydrogens is 453 g/mol. The normalized spacial score (nSPS) is 20.0. The summed E-state index contributed by atoms with van der Waals surface area (Å²) in [5.41, 5.74) is 3.33. The molecule has 2 unspecified atom stereocenters. The minimum Gasteiger partial charge on any atom is -0.306 e. The predicted molar refractivity (Wildman–Crippen MR) is 130 cm³/mol. The van der Waals surface area contributed by atoms with E-state index in [0.29, 0.717) is 0 Å². The van der Waals surface area contributed by atoms with E-state index >= 15 is 0 Å². The molecule has 0 spiro atoms. The third kappa shape index (κ3) is 3.97. The van der Waals surface area contributed by atoms with Gasteiger partial charge in [0.1, 0.15) is 5.82 Å². The topological polar surface area (TPSA) is 69.7 Å². The van der Waals surface area contributed by atoms with Crippen LogP contribution in [0.15, 0.2) is 71.6 Å². The van der Waals surface area contributed by atoms with Crippen molar-refractivity contribution in [2.24, 2.45) is 0 Å². The third-order valence-electron chi connectivity index (χ3n) is 6.68. The van der Waals surface area contributed by atoms with Crippen molar-refractivity contribution < 1.29 is 17.6 Å². The standard InChI is InChI=1S/C26H26FN3O3S/c1-17-10-11-24-20(14-17)21-16-29(2)13-12-25(21)30(24)26(31)18-6-5-7-19(15-18)34(32,33)28-23-9-4-3-8-22(23)27/h3-11,14-15,21,25,28H,12-13,16H2,1-2H3. The highest BCUT2D eigenvalue weighted by molar-refractivity contribution is 7.92. The van der Waals surface area contributed by atoms with E-state index in [1.807, 2.05) is 24.0 Å². The highest BCUT2D eigenvalue weighted by Gasteiger charge is 2.44. The van der Waals surface area contributed by atoms with Crippen LogP contribution in [0.25, 0.3) is 0 Å². The molecule has 0 aromatic heterocycles. The molecule has 0 aliphatic carbocycles. The molecule has 2 atom stereocenters. The molecule has 1 fully saturated rings. The predicted octanol–water partition coefficient (Wildman–Crippen LogP) is 4.38. The van der Waals surface area contributed by atoms with Gasteiger partial charge < -0.3 is 9.80 Å². The zero-order chi connectivity index (χ0) is 24.0. The van der Waals surface area contributed by atoms with Crippen molar-refractivity contribution in [3.8, 4) is 0 Å². The number of amides is 1. The lowest BCUT2D eigenvalue weighted by atomic mass is 9.88. The molecule has 8 heteroatoms. The molecule has 1 amide bonds. The zero-order valence-electron chi connectivity index (χ0n) is 19.0. The van der Waals surface area contributed by atoms with Gasteiger partial charge in [0.15, 0.2) is 0 Å². The number of hydrogen-bond acceptors (Lipinski definition) is 4. The summed E-state index contributed by atoms with van der Waals surface area (Å²) in [5, 5.41) is 0. The lowest BCUT2D eigenvalue weighted by molar-refractivity contribution is 0.0964. The molecule has 3 aromatic carbocycles. The van der Waals surface area contributed by atoms with E-state index in [1.54, 1.807) is 18.2 Å². The molecular formula is C26H26FN3O3S. The molecule has 1 N–H and O–H groups in total. The molecule has 2 heterocycles. The van der Waals surface area contributed by atoms with Crippen molar-refractivity contribution in [1.29, 1.82) is 0 Å². The number of fused-ring (bicyclic) bond motifs is 3. The first-order valence-electron chi connectivity index (χ1n) is 11.2. The van der Waals surface area contributed by atoms with Crippen LogP contribution >= 0.6 is 0 Å². The van der Waals surface area contributed by atoms with E-state index in [-0.39, 0.29) is 34.0 Å². The maximum absolute atomic E-state index is 14.0. The Morgan fingerprint density at radius 2 is 1.85 bits per heavy atom. The maximum Gasteiger partial charge on any atom is 0.262 e. The van der Waals surface area contributed by atoms with Crippen molar-refractivity contribution in [3.05, 3.63) is 89.2 Å². The molecule has 6 nitrogen and oxygen atoms in total. The molecule has 2 aliphatic rings. The lowest BCUT2D eigenvalue weighted by Gasteiger charge is -2.36. The Morgan fingerprint density at radius 3 is 2.65 bits per heavy atom. The van der Waals surface area contributed by atoms with E-state index in [0.717, 1.165) is 36.3 Å². The van der Waals surface area contributed by atoms with Gasteiger partial charge in [-0.3, -0.25) is 9.52 Å². The Balaban J connectivity index is 1.49. The van der Waals surface area contributed by atoms with Crippen LogP contribution in [-0.2, 0) is 10.0 Å². The van der Waals surface area contributed by atoms with Crippen molar-refractivity contribution in [2.75, 3.05) is 29.8 Å². The van der Waals surface area contributed by atoms with Crippen LogP contribution in [0.5, 0.6) is 0 Å². The van der Waals surface area contributed by atoms with E-state index in [1.165, 1.54) is 30.3 Å². The molecule has 1 saturated heterocycles. The van der Waals surface area contributed by atoms with Gasteiger partial charge in [0.2, 0.25) is 0 Å². The molecule has 34 heavy (non-hydrogen) atoms. The van der Waals surface area contributed by atoms with Gasteiger partial charge in [-0.15, -0.1) is 0 Å². The van der Waals surface area contributed by atoms with Crippen LogP contribution in [0.3, 0.4) is 0 Å². The number of nitrogens with one attached hydrogen (secondary N) is 1. The number of likely N-dealkylation sites (N-methyl/N-ethyl adjacent to an activating group) is 1. The number of piperidine rings is 1. The Bertz CT molecular complexity index is 1380. The monoisotopic (exact) mass is 479 g/mol. The number of hydrogen-bond donors (Lipinski definition) is 1. The molecule has 5 rings (SSSR count). The fraction of sp³-hybridized carbons (Fsp3) is 0.269. The summed E-state index contributed by atoms with van der Waals surface area (Å²) in [7, 11) is -1.99. The summed E-state index contributed by atoms with van der Waals surface area (Å²) in [4.78, 5) is 17.8. The number of halogens is 1. The summed E-state index contributed by atoms with van der Waals surface area (Å²) in [6.45, 7) is 3.80. The average Bonchev–Trinajstić information content (AvgIpc) is 3.13. The van der Waals surface area contributed by atoms with E-state index in [9.17, 15) is 17.6 Å². The first-order chi connectivity index (χ1) is 16.2. The van der Waals surface area contributed by atoms with Gasteiger partial charge in [-0.2, -0.15) is 0 Å². The summed E-state index contributed by atoms with van der Waals surface area (Å²) in [6.07, 6.45) is 0.841. The molecule has 3 aromatic rings. The number of benzene rings is 3. The third-order valence-corrected chi connectivity index (χ3v) is 8.04. The van der Waals surface area contributed by atoms with E-state index < -0.39 is 15.8 Å². The Morgan fingerprint density at radius 1 is 1.06 bits per heavy atom. The maximum atomic E-state index is 14.0. The SMILES string of the molecule is Cc1ccc2c(c1)C1CN(C)CCC1N2C(=O)c1cccc(S(=O)(=O)Nc2ccccc2F)c1. The molecule has 0 bridgehead atoms. The highest BCUT2D eigenvalue weighted by Crippen LogP contribution is 2.45. The molecule has 176 valence electrons. The van der Waals surface area contributed by atoms with Gasteiger partial charge in [-0.1, -0.05) is 35.9 Å². The van der Waals surface area contributed by atoms with Crippen LogP contribution in [0, 0.1) is 12.7 Å². The van der Waals surface area contributed by atoms with Crippen molar-refractivity contribution in [2.45, 2.75) is 30.2 Å². The number of sulfonamides is 1. The van der Waals surface area contributed by atoms with Crippen LogP contribution < -0.4 is 9.62 Å². The first kappa shape index (κ1) is 22.6. The van der Waals surface area contributed by atoms with E-state index in [4.69, 9.17) is 0 Å². The summed E-state index contributed by atoms with van der Waals surface area (Å²) in [6, 6.07) is 17.7. The van der Waals surface area contributed by atoms with Crippen LogP contribution in [0.4, 0.5) is 15.8 Å². The molecule has 2 aliphatic heterocycles. The largest absolute Gasteiger partial charge is 0.306 e. The van der Waals surface area contributed by atoms with Gasteiger partial charge in [-0.05, 0) is 68.9 Å². The number of carbonyl (C=O) groups excluding carboxylic acids is 1. The quantitative estimate of drug-likeness (QED) is 0.603. The van der Waals surface area contributed by atoms with Gasteiger partial charge in [-0.25, -0.2) is 12.8 Å². The molecule has 0 radical (unpaired) electrons. The van der Waals surface area contributed by atoms with Crippen LogP contribution in [-0.4, -0.2) is 45.4 Å². The van der Waals surface area contributed by atoms with Gasteiger partial charge in [0.25, 0.3) is 15.9 Å². The number of anilines is 2. The second-order valence-electron chi connectivity index (χ2n) is 9.08. The zero-order valence-corrected chi connectivity index (χ0v) is 19.8. The second kappa shape index (κ2) is 8.52. The second-order valence-corrected chi connectivity index (χ2v) is 10.8. The number of aryl methyl sites for hydroxylation is 1. The fourth-order valence-electron chi connectivity index (χ4n) is 5.03.